The van der Waals surface area contributed by atoms with Crippen LogP contribution in [0.5, 0.6) is 5.75 Å². The molecule has 0 aliphatic heterocycles. The van der Waals surface area contributed by atoms with Gasteiger partial charge in [0.1, 0.15) is 18.2 Å². The molecule has 2 rings (SSSR count). The molecule has 4 heteroatoms. The van der Waals surface area contributed by atoms with E-state index in [-0.39, 0.29) is 12.2 Å². The summed E-state index contributed by atoms with van der Waals surface area (Å²) in [6.45, 7) is 1.97. The summed E-state index contributed by atoms with van der Waals surface area (Å²) in [6.07, 6.45) is 0. The highest BCUT2D eigenvalue weighted by molar-refractivity contribution is 5.89. The van der Waals surface area contributed by atoms with E-state index in [1.54, 1.807) is 12.1 Å². The summed E-state index contributed by atoms with van der Waals surface area (Å²) in [4.78, 5) is 11.0. The van der Waals surface area contributed by atoms with Crippen LogP contribution in [0.25, 0.3) is 0 Å². The van der Waals surface area contributed by atoms with Gasteiger partial charge in [-0.15, -0.1) is 0 Å². The van der Waals surface area contributed by atoms with E-state index in [4.69, 9.17) is 9.84 Å². The fourth-order valence-electron chi connectivity index (χ4n) is 1.69. The molecule has 0 spiro atoms. The maximum Gasteiger partial charge on any atom is 0.336 e. The van der Waals surface area contributed by atoms with E-state index in [1.165, 1.54) is 12.1 Å². The highest BCUT2D eigenvalue weighted by Crippen LogP contribution is 2.17. The summed E-state index contributed by atoms with van der Waals surface area (Å²) in [7, 11) is 0. The normalized spacial score (nSPS) is 10.2. The number of halogens is 1. The van der Waals surface area contributed by atoms with E-state index < -0.39 is 11.8 Å². The topological polar surface area (TPSA) is 46.5 Å². The van der Waals surface area contributed by atoms with Crippen LogP contribution in [-0.2, 0) is 6.61 Å². The van der Waals surface area contributed by atoms with Crippen molar-refractivity contribution in [2.75, 3.05) is 0 Å². The summed E-state index contributed by atoms with van der Waals surface area (Å²) in [5.74, 6) is -0.957. The van der Waals surface area contributed by atoms with Crippen LogP contribution in [0.2, 0.25) is 0 Å². The van der Waals surface area contributed by atoms with Crippen molar-refractivity contribution in [2.24, 2.45) is 0 Å². The van der Waals surface area contributed by atoms with Crippen molar-refractivity contribution in [3.8, 4) is 5.75 Å². The molecule has 0 aliphatic rings. The third-order valence-corrected chi connectivity index (χ3v) is 2.71. The Morgan fingerprint density at radius 1 is 1.21 bits per heavy atom. The molecular formula is C15H13FO3. The van der Waals surface area contributed by atoms with Crippen LogP contribution in [0.15, 0.2) is 42.5 Å². The molecule has 0 saturated carbocycles. The Hall–Kier alpha value is -2.36. The van der Waals surface area contributed by atoms with Crippen LogP contribution in [0, 0.1) is 12.7 Å². The number of carboxylic acid groups (broad SMARTS) is 1. The standard InChI is InChI=1S/C15H13FO3/c1-10-2-5-13(6-3-10)19-9-11-8-12(16)4-7-14(11)15(17)18/h2-8H,9H2,1H3,(H,17,18). The molecule has 2 aromatic rings. The maximum absolute atomic E-state index is 13.1. The maximum atomic E-state index is 13.1. The summed E-state index contributed by atoms with van der Waals surface area (Å²) < 4.78 is 18.6. The molecule has 3 nitrogen and oxygen atoms in total. The SMILES string of the molecule is Cc1ccc(OCc2cc(F)ccc2C(=O)O)cc1. The average Bonchev–Trinajstić information content (AvgIpc) is 2.38. The number of benzene rings is 2. The molecule has 0 atom stereocenters. The monoisotopic (exact) mass is 260 g/mol. The number of carboxylic acids is 1. The molecule has 98 valence electrons. The van der Waals surface area contributed by atoms with Gasteiger partial charge in [0.05, 0.1) is 5.56 Å². The van der Waals surface area contributed by atoms with E-state index >= 15 is 0 Å². The van der Waals surface area contributed by atoms with Crippen molar-refractivity contribution in [3.63, 3.8) is 0 Å². The molecule has 0 unspecified atom stereocenters. The van der Waals surface area contributed by atoms with Crippen LogP contribution in [0.3, 0.4) is 0 Å². The molecule has 0 heterocycles. The Morgan fingerprint density at radius 2 is 1.89 bits per heavy atom. The Kier molecular flexibility index (Phi) is 3.80. The zero-order chi connectivity index (χ0) is 13.8. The van der Waals surface area contributed by atoms with Crippen molar-refractivity contribution in [1.82, 2.24) is 0 Å². The zero-order valence-corrected chi connectivity index (χ0v) is 10.4. The van der Waals surface area contributed by atoms with Crippen molar-refractivity contribution >= 4 is 5.97 Å². The molecule has 19 heavy (non-hydrogen) atoms. The number of rotatable bonds is 4. The quantitative estimate of drug-likeness (QED) is 0.916. The van der Waals surface area contributed by atoms with Crippen LogP contribution in [-0.4, -0.2) is 11.1 Å². The summed E-state index contributed by atoms with van der Waals surface area (Å²) in [6, 6.07) is 10.9. The Balaban J connectivity index is 2.16. The summed E-state index contributed by atoms with van der Waals surface area (Å²) in [5, 5.41) is 9.01. The second kappa shape index (κ2) is 5.52. The van der Waals surface area contributed by atoms with Gasteiger partial charge in [-0.2, -0.15) is 0 Å². The minimum atomic E-state index is -1.09. The van der Waals surface area contributed by atoms with Crippen LogP contribution < -0.4 is 4.74 Å². The van der Waals surface area contributed by atoms with E-state index in [0.717, 1.165) is 11.6 Å². The minimum absolute atomic E-state index is 0.0163. The number of ether oxygens (including phenoxy) is 1. The molecule has 0 radical (unpaired) electrons. The first-order valence-corrected chi connectivity index (χ1v) is 5.77. The second-order valence-corrected chi connectivity index (χ2v) is 4.21. The van der Waals surface area contributed by atoms with Gasteiger partial charge < -0.3 is 9.84 Å². The van der Waals surface area contributed by atoms with Gasteiger partial charge in [-0.05, 0) is 37.3 Å². The first-order valence-electron chi connectivity index (χ1n) is 5.77. The second-order valence-electron chi connectivity index (χ2n) is 4.21. The molecule has 2 aromatic carbocycles. The van der Waals surface area contributed by atoms with E-state index in [9.17, 15) is 9.18 Å². The molecule has 0 saturated heterocycles. The predicted molar refractivity (Wildman–Crippen MR) is 68.9 cm³/mol. The third-order valence-electron chi connectivity index (χ3n) is 2.71. The summed E-state index contributed by atoms with van der Waals surface area (Å²) >= 11 is 0. The predicted octanol–water partition coefficient (Wildman–Crippen LogP) is 3.41. The fourth-order valence-corrected chi connectivity index (χ4v) is 1.69. The van der Waals surface area contributed by atoms with Gasteiger partial charge >= 0.3 is 5.97 Å². The smallest absolute Gasteiger partial charge is 0.336 e. The van der Waals surface area contributed by atoms with Gasteiger partial charge in [-0.1, -0.05) is 17.7 Å². The van der Waals surface area contributed by atoms with Crippen LogP contribution in [0.4, 0.5) is 4.39 Å². The molecule has 0 aromatic heterocycles. The van der Waals surface area contributed by atoms with Crippen molar-refractivity contribution in [2.45, 2.75) is 13.5 Å². The van der Waals surface area contributed by atoms with Gasteiger partial charge in [-0.25, -0.2) is 9.18 Å². The molecule has 1 N–H and O–H groups in total. The third kappa shape index (κ3) is 3.31. The first kappa shape index (κ1) is 13.1. The lowest BCUT2D eigenvalue weighted by Crippen LogP contribution is -2.06. The number of hydrogen-bond acceptors (Lipinski definition) is 2. The van der Waals surface area contributed by atoms with Crippen molar-refractivity contribution in [3.05, 3.63) is 65.0 Å². The fraction of sp³-hybridized carbons (Fsp3) is 0.133. The van der Waals surface area contributed by atoms with Gasteiger partial charge in [0.2, 0.25) is 0 Å². The van der Waals surface area contributed by atoms with Gasteiger partial charge in [-0.3, -0.25) is 0 Å². The Labute approximate surface area is 110 Å². The van der Waals surface area contributed by atoms with Gasteiger partial charge in [0.25, 0.3) is 0 Å². The largest absolute Gasteiger partial charge is 0.489 e. The zero-order valence-electron chi connectivity index (χ0n) is 10.4. The summed E-state index contributed by atoms with van der Waals surface area (Å²) in [5.41, 5.74) is 1.46. The van der Waals surface area contributed by atoms with Crippen LogP contribution >= 0.6 is 0 Å². The van der Waals surface area contributed by atoms with Crippen molar-refractivity contribution in [1.29, 1.82) is 0 Å². The molecule has 0 amide bonds. The van der Waals surface area contributed by atoms with E-state index in [0.29, 0.717) is 11.3 Å². The van der Waals surface area contributed by atoms with Gasteiger partial charge in [0, 0.05) is 5.56 Å². The van der Waals surface area contributed by atoms with E-state index in [1.807, 2.05) is 19.1 Å². The van der Waals surface area contributed by atoms with Crippen LogP contribution in [0.1, 0.15) is 21.5 Å². The number of hydrogen-bond donors (Lipinski definition) is 1. The number of carbonyl (C=O) groups is 1. The lowest BCUT2D eigenvalue weighted by molar-refractivity contribution is 0.0694. The highest BCUT2D eigenvalue weighted by Gasteiger charge is 2.11. The molecule has 0 aliphatic carbocycles. The lowest BCUT2D eigenvalue weighted by atomic mass is 10.1. The van der Waals surface area contributed by atoms with Gasteiger partial charge in [0.15, 0.2) is 0 Å². The molecule has 0 fully saturated rings. The van der Waals surface area contributed by atoms with Crippen molar-refractivity contribution < 1.29 is 19.0 Å². The number of aromatic carboxylic acids is 1. The molecular weight excluding hydrogens is 247 g/mol. The molecule has 0 bridgehead atoms. The number of aryl methyl sites for hydroxylation is 1. The highest BCUT2D eigenvalue weighted by atomic mass is 19.1. The Morgan fingerprint density at radius 3 is 2.53 bits per heavy atom. The Bertz CT molecular complexity index is 591. The minimum Gasteiger partial charge on any atom is -0.489 e. The average molecular weight is 260 g/mol. The first-order chi connectivity index (χ1) is 9.06. The van der Waals surface area contributed by atoms with E-state index in [2.05, 4.69) is 0 Å². The lowest BCUT2D eigenvalue weighted by Gasteiger charge is -2.09.